The predicted octanol–water partition coefficient (Wildman–Crippen LogP) is 5.27. The van der Waals surface area contributed by atoms with Crippen LogP contribution in [0.5, 0.6) is 0 Å². The van der Waals surface area contributed by atoms with Gasteiger partial charge in [0.2, 0.25) is 0 Å². The maximum atomic E-state index is 10.6. The molecule has 2 aliphatic heterocycles. The van der Waals surface area contributed by atoms with Crippen LogP contribution in [0.2, 0.25) is 0 Å². The summed E-state index contributed by atoms with van der Waals surface area (Å²) in [4.78, 5) is 30.5. The number of hydrogen-bond acceptors (Lipinski definition) is 7. The van der Waals surface area contributed by atoms with E-state index >= 15 is 0 Å². The highest BCUT2D eigenvalue weighted by molar-refractivity contribution is 7.11. The summed E-state index contributed by atoms with van der Waals surface area (Å²) in [5.74, 6) is -5.51. The van der Waals surface area contributed by atoms with Crippen molar-refractivity contribution in [2.75, 3.05) is 26.2 Å². The van der Waals surface area contributed by atoms with Gasteiger partial charge in [0, 0.05) is 34.4 Å². The molecule has 2 N–H and O–H groups in total. The van der Waals surface area contributed by atoms with E-state index in [2.05, 4.69) is 39.2 Å². The van der Waals surface area contributed by atoms with Crippen LogP contribution in [0, 0.1) is 12.3 Å². The molecule has 0 aromatic carbocycles. The van der Waals surface area contributed by atoms with Gasteiger partial charge in [0.1, 0.15) is 5.01 Å². The molecule has 7 nitrogen and oxygen atoms in total. The number of rotatable bonds is 4. The van der Waals surface area contributed by atoms with Crippen molar-refractivity contribution in [3.8, 4) is 0 Å². The van der Waals surface area contributed by atoms with E-state index in [-0.39, 0.29) is 0 Å². The lowest BCUT2D eigenvalue weighted by Gasteiger charge is -2.39. The Balaban J connectivity index is 0.000000286. The molecular weight excluding hydrogens is 548 g/mol. The first kappa shape index (κ1) is 31.0. The number of alkyl halides is 6. The number of carboxylic acid groups (broad SMARTS) is 2. The molecule has 4 heterocycles. The molecule has 0 radical (unpaired) electrons. The number of thiophene rings is 1. The summed E-state index contributed by atoms with van der Waals surface area (Å²) in [7, 11) is 0. The van der Waals surface area contributed by atoms with Crippen molar-refractivity contribution in [2.45, 2.75) is 51.6 Å². The van der Waals surface area contributed by atoms with Gasteiger partial charge >= 0.3 is 24.3 Å². The lowest BCUT2D eigenvalue weighted by molar-refractivity contribution is -0.193. The van der Waals surface area contributed by atoms with Gasteiger partial charge in [-0.05, 0) is 63.4 Å². The molecule has 0 atom stereocenters. The van der Waals surface area contributed by atoms with Crippen molar-refractivity contribution in [3.05, 3.63) is 38.5 Å². The fourth-order valence-electron chi connectivity index (χ4n) is 4.07. The number of aromatic nitrogens is 1. The molecule has 208 valence electrons. The number of carboxylic acids is 2. The van der Waals surface area contributed by atoms with Gasteiger partial charge in [0.05, 0.1) is 6.54 Å². The Kier molecular flexibility index (Phi) is 10.9. The van der Waals surface area contributed by atoms with Gasteiger partial charge in [0.15, 0.2) is 0 Å². The van der Waals surface area contributed by atoms with E-state index in [4.69, 9.17) is 19.8 Å². The topological polar surface area (TPSA) is 94.0 Å². The van der Waals surface area contributed by atoms with E-state index in [1.807, 2.05) is 17.5 Å². The zero-order valence-electron chi connectivity index (χ0n) is 19.8. The maximum Gasteiger partial charge on any atom is 0.490 e. The van der Waals surface area contributed by atoms with E-state index in [0.717, 1.165) is 13.1 Å². The lowest BCUT2D eigenvalue weighted by atomic mass is 9.78. The van der Waals surface area contributed by atoms with Crippen LogP contribution in [-0.2, 0) is 22.7 Å². The summed E-state index contributed by atoms with van der Waals surface area (Å²) >= 11 is 3.74. The van der Waals surface area contributed by atoms with Crippen LogP contribution in [0.1, 0.15) is 34.0 Å². The molecule has 0 saturated carbocycles. The summed E-state index contributed by atoms with van der Waals surface area (Å²) in [6.45, 7) is 9.47. The van der Waals surface area contributed by atoms with Crippen LogP contribution in [0.15, 0.2) is 23.7 Å². The summed E-state index contributed by atoms with van der Waals surface area (Å²) < 4.78 is 63.5. The fraction of sp³-hybridized carbons (Fsp3) is 0.591. The second kappa shape index (κ2) is 13.0. The molecule has 1 spiro atoms. The van der Waals surface area contributed by atoms with Gasteiger partial charge in [-0.15, -0.1) is 22.7 Å². The van der Waals surface area contributed by atoms with E-state index in [1.54, 1.807) is 11.3 Å². The highest BCUT2D eigenvalue weighted by Gasteiger charge is 2.41. The highest BCUT2D eigenvalue weighted by Crippen LogP contribution is 2.41. The first-order valence-corrected chi connectivity index (χ1v) is 12.8. The molecule has 15 heteroatoms. The van der Waals surface area contributed by atoms with Gasteiger partial charge < -0.3 is 10.2 Å². The van der Waals surface area contributed by atoms with Gasteiger partial charge in [-0.1, -0.05) is 0 Å². The van der Waals surface area contributed by atoms with Gasteiger partial charge in [-0.3, -0.25) is 9.80 Å². The number of aryl methyl sites for hydroxylation is 1. The molecule has 2 aromatic rings. The number of likely N-dealkylation sites (tertiary alicyclic amines) is 2. The zero-order valence-corrected chi connectivity index (χ0v) is 21.4. The van der Waals surface area contributed by atoms with Crippen LogP contribution in [0.3, 0.4) is 0 Å². The van der Waals surface area contributed by atoms with Crippen LogP contribution in [0.4, 0.5) is 26.3 Å². The molecule has 0 unspecified atom stereocenters. The Hall–Kier alpha value is -2.23. The second-order valence-corrected chi connectivity index (χ2v) is 11.1. The SMILES string of the molecule is Cc1ccc(CN2CCC3(CCN(Cc4nccs4)CC3)C2)s1.O=C(O)C(F)(F)F.O=C(O)C(F)(F)F. The highest BCUT2D eigenvalue weighted by atomic mass is 32.1. The first-order valence-electron chi connectivity index (χ1n) is 11.1. The average Bonchev–Trinajstić information content (AvgIpc) is 3.53. The third-order valence-corrected chi connectivity index (χ3v) is 7.69. The molecule has 0 bridgehead atoms. The fourth-order valence-corrected chi connectivity index (χ4v) is 5.66. The molecule has 2 saturated heterocycles. The predicted molar refractivity (Wildman–Crippen MR) is 125 cm³/mol. The van der Waals surface area contributed by atoms with Gasteiger partial charge in [0.25, 0.3) is 0 Å². The van der Waals surface area contributed by atoms with Crippen molar-refractivity contribution >= 4 is 34.6 Å². The molecule has 2 aromatic heterocycles. The quantitative estimate of drug-likeness (QED) is 0.480. The van der Waals surface area contributed by atoms with E-state index in [1.165, 1.54) is 60.2 Å². The van der Waals surface area contributed by atoms with Crippen molar-refractivity contribution < 1.29 is 46.1 Å². The van der Waals surface area contributed by atoms with Crippen LogP contribution in [-0.4, -0.2) is 75.5 Å². The van der Waals surface area contributed by atoms with Crippen LogP contribution >= 0.6 is 22.7 Å². The number of halogens is 6. The maximum absolute atomic E-state index is 10.6. The Morgan fingerprint density at radius 2 is 1.46 bits per heavy atom. The summed E-state index contributed by atoms with van der Waals surface area (Å²) in [5.41, 5.74) is 0.589. The minimum Gasteiger partial charge on any atom is -0.475 e. The zero-order chi connectivity index (χ0) is 27.9. The Morgan fingerprint density at radius 3 is 1.86 bits per heavy atom. The van der Waals surface area contributed by atoms with Gasteiger partial charge in [-0.25, -0.2) is 14.6 Å². The van der Waals surface area contributed by atoms with E-state index in [9.17, 15) is 26.3 Å². The number of carbonyl (C=O) groups is 2. The molecule has 37 heavy (non-hydrogen) atoms. The number of thiazole rings is 1. The molecule has 2 fully saturated rings. The third kappa shape index (κ3) is 10.6. The third-order valence-electron chi connectivity index (χ3n) is 5.94. The van der Waals surface area contributed by atoms with Crippen molar-refractivity contribution in [3.63, 3.8) is 0 Å². The first-order chi connectivity index (χ1) is 17.1. The van der Waals surface area contributed by atoms with Crippen LogP contribution in [0.25, 0.3) is 0 Å². The number of hydrogen-bond donors (Lipinski definition) is 2. The normalized spacial score (nSPS) is 18.0. The Labute approximate surface area is 217 Å². The summed E-state index contributed by atoms with van der Waals surface area (Å²) in [6.07, 6.45) is -4.13. The molecule has 0 amide bonds. The minimum atomic E-state index is -5.08. The van der Waals surface area contributed by atoms with Crippen molar-refractivity contribution in [1.82, 2.24) is 14.8 Å². The van der Waals surface area contributed by atoms with E-state index in [0.29, 0.717) is 5.41 Å². The number of nitrogens with zero attached hydrogens (tertiary/aromatic N) is 3. The number of piperidine rings is 1. The monoisotopic (exact) mass is 575 g/mol. The molecular formula is C22H27F6N3O4S2. The van der Waals surface area contributed by atoms with Gasteiger partial charge in [-0.2, -0.15) is 26.3 Å². The summed E-state index contributed by atoms with van der Waals surface area (Å²) in [5, 5.41) is 17.6. The minimum absolute atomic E-state index is 0.589. The molecule has 2 aliphatic rings. The average molecular weight is 576 g/mol. The second-order valence-electron chi connectivity index (χ2n) is 8.78. The summed E-state index contributed by atoms with van der Waals surface area (Å²) in [6, 6.07) is 4.56. The lowest BCUT2D eigenvalue weighted by Crippen LogP contribution is -2.41. The van der Waals surface area contributed by atoms with Crippen LogP contribution < -0.4 is 0 Å². The Bertz CT molecular complexity index is 979. The Morgan fingerprint density at radius 1 is 0.946 bits per heavy atom. The number of aliphatic carboxylic acids is 2. The smallest absolute Gasteiger partial charge is 0.475 e. The largest absolute Gasteiger partial charge is 0.490 e. The van der Waals surface area contributed by atoms with E-state index < -0.39 is 24.3 Å². The molecule has 0 aliphatic carbocycles. The van der Waals surface area contributed by atoms with Crippen molar-refractivity contribution in [1.29, 1.82) is 0 Å². The van der Waals surface area contributed by atoms with Crippen molar-refractivity contribution in [2.24, 2.45) is 5.41 Å². The molecule has 4 rings (SSSR count). The standard InChI is InChI=1S/C18H25N3S2.2C2HF3O2/c1-15-2-3-16(23-15)12-21-10-6-18(14-21)4-8-20(9-5-18)13-17-19-7-11-22-17;2*3-2(4,5)1(6)7/h2-3,7,11H,4-6,8-10,12-14H2,1H3;2*(H,6,7).